The van der Waals surface area contributed by atoms with Crippen LogP contribution in [0, 0.1) is 11.3 Å². The van der Waals surface area contributed by atoms with Gasteiger partial charge in [0, 0.05) is 38.3 Å². The van der Waals surface area contributed by atoms with E-state index in [1.54, 1.807) is 0 Å². The molecule has 4 heteroatoms. The Kier molecular flexibility index (Phi) is 5.15. The lowest BCUT2D eigenvalue weighted by molar-refractivity contribution is -0.123. The van der Waals surface area contributed by atoms with Gasteiger partial charge in [-0.25, -0.2) is 0 Å². The molecule has 0 aromatic rings. The summed E-state index contributed by atoms with van der Waals surface area (Å²) < 4.78 is 10.9. The topological polar surface area (TPSA) is 38.8 Å². The first-order valence-corrected chi connectivity index (χ1v) is 7.04. The van der Waals surface area contributed by atoms with Crippen LogP contribution < -0.4 is 0 Å². The Hall–Kier alpha value is -0.450. The quantitative estimate of drug-likeness (QED) is 0.695. The fourth-order valence-corrected chi connectivity index (χ4v) is 3.09. The summed E-state index contributed by atoms with van der Waals surface area (Å²) in [6.45, 7) is 5.13. The minimum absolute atomic E-state index is 0.178. The predicted molar refractivity (Wildman–Crippen MR) is 69.6 cm³/mol. The van der Waals surface area contributed by atoms with Gasteiger partial charge < -0.3 is 19.2 Å². The molecule has 4 nitrogen and oxygen atoms in total. The molecule has 2 aliphatic rings. The van der Waals surface area contributed by atoms with Crippen LogP contribution in [0.15, 0.2) is 0 Å². The van der Waals surface area contributed by atoms with Crippen LogP contribution in [0.3, 0.4) is 0 Å². The zero-order valence-corrected chi connectivity index (χ0v) is 11.4. The van der Waals surface area contributed by atoms with Gasteiger partial charge in [-0.3, -0.25) is 0 Å². The van der Waals surface area contributed by atoms with Gasteiger partial charge in [-0.05, 0) is 38.6 Å². The van der Waals surface area contributed by atoms with Crippen molar-refractivity contribution in [3.63, 3.8) is 0 Å². The lowest BCUT2D eigenvalue weighted by atomic mass is 9.81. The van der Waals surface area contributed by atoms with E-state index in [0.717, 1.165) is 58.6 Å². The van der Waals surface area contributed by atoms with Gasteiger partial charge in [-0.1, -0.05) is 0 Å². The van der Waals surface area contributed by atoms with Crippen LogP contribution in [-0.2, 0) is 14.3 Å². The van der Waals surface area contributed by atoms with Crippen molar-refractivity contribution in [1.29, 1.82) is 0 Å². The Balaban J connectivity index is 1.80. The minimum Gasteiger partial charge on any atom is -0.381 e. The predicted octanol–water partition coefficient (Wildman–Crippen LogP) is 1.34. The van der Waals surface area contributed by atoms with Gasteiger partial charge in [0.1, 0.15) is 6.29 Å². The Morgan fingerprint density at radius 1 is 1.28 bits per heavy atom. The average molecular weight is 255 g/mol. The maximum absolute atomic E-state index is 11.4. The van der Waals surface area contributed by atoms with Crippen molar-refractivity contribution in [3.8, 4) is 0 Å². The lowest BCUT2D eigenvalue weighted by Gasteiger charge is -2.37. The number of nitrogens with zero attached hydrogens (tertiary/aromatic N) is 1. The number of ether oxygens (including phenoxy) is 2. The maximum Gasteiger partial charge on any atom is 0.127 e. The summed E-state index contributed by atoms with van der Waals surface area (Å²) in [6.07, 6.45) is 5.31. The van der Waals surface area contributed by atoms with Crippen LogP contribution in [-0.4, -0.2) is 57.8 Å². The first-order chi connectivity index (χ1) is 8.74. The van der Waals surface area contributed by atoms with E-state index in [2.05, 4.69) is 11.9 Å². The number of carbonyl (C=O) groups excluding carboxylic acids is 1. The van der Waals surface area contributed by atoms with Crippen molar-refractivity contribution in [2.24, 2.45) is 11.3 Å². The number of hydrogen-bond donors (Lipinski definition) is 0. The Labute approximate surface area is 110 Å². The third kappa shape index (κ3) is 3.77. The number of carbonyl (C=O) groups is 1. The second-order valence-electron chi connectivity index (χ2n) is 5.87. The Morgan fingerprint density at radius 3 is 2.67 bits per heavy atom. The van der Waals surface area contributed by atoms with Gasteiger partial charge in [0.25, 0.3) is 0 Å². The molecule has 0 amide bonds. The van der Waals surface area contributed by atoms with Crippen LogP contribution in [0.4, 0.5) is 0 Å². The molecule has 2 saturated heterocycles. The third-order valence-electron chi connectivity index (χ3n) is 4.15. The third-order valence-corrected chi connectivity index (χ3v) is 4.15. The average Bonchev–Trinajstić information content (AvgIpc) is 2.41. The zero-order valence-electron chi connectivity index (χ0n) is 11.4. The molecular formula is C14H25NO3. The van der Waals surface area contributed by atoms with Crippen molar-refractivity contribution < 1.29 is 14.3 Å². The SMILES string of the molecule is CN(CC1CCCOC1)CC1(C=O)CCOCC1. The Bertz CT molecular complexity index is 258. The molecule has 0 aliphatic carbocycles. The molecule has 104 valence electrons. The van der Waals surface area contributed by atoms with E-state index in [9.17, 15) is 4.79 Å². The maximum atomic E-state index is 11.4. The second-order valence-corrected chi connectivity index (χ2v) is 5.87. The lowest BCUT2D eigenvalue weighted by Crippen LogP contribution is -2.43. The molecule has 1 unspecified atom stereocenters. The highest BCUT2D eigenvalue weighted by Gasteiger charge is 2.33. The van der Waals surface area contributed by atoms with Crippen molar-refractivity contribution in [2.75, 3.05) is 46.6 Å². The standard InChI is InChI=1S/C14H25NO3/c1-15(9-13-3-2-6-18-10-13)11-14(12-16)4-7-17-8-5-14/h12-13H,2-11H2,1H3. The van der Waals surface area contributed by atoms with Crippen LogP contribution >= 0.6 is 0 Å². The summed E-state index contributed by atoms with van der Waals surface area (Å²) in [5, 5.41) is 0. The van der Waals surface area contributed by atoms with E-state index in [-0.39, 0.29) is 5.41 Å². The molecule has 0 aromatic carbocycles. The zero-order chi connectivity index (χ0) is 12.8. The summed E-state index contributed by atoms with van der Waals surface area (Å²) in [7, 11) is 2.12. The first kappa shape index (κ1) is 14.0. The molecule has 0 radical (unpaired) electrons. The van der Waals surface area contributed by atoms with E-state index in [1.807, 2.05) is 0 Å². The van der Waals surface area contributed by atoms with Gasteiger partial charge in [0.15, 0.2) is 0 Å². The highest BCUT2D eigenvalue weighted by molar-refractivity contribution is 5.60. The largest absolute Gasteiger partial charge is 0.381 e. The minimum atomic E-state index is -0.178. The molecule has 0 spiro atoms. The van der Waals surface area contributed by atoms with Crippen LogP contribution in [0.1, 0.15) is 25.7 Å². The molecule has 2 aliphatic heterocycles. The summed E-state index contributed by atoms with van der Waals surface area (Å²) >= 11 is 0. The molecule has 18 heavy (non-hydrogen) atoms. The highest BCUT2D eigenvalue weighted by atomic mass is 16.5. The van der Waals surface area contributed by atoms with Gasteiger partial charge >= 0.3 is 0 Å². The molecule has 2 heterocycles. The van der Waals surface area contributed by atoms with Crippen LogP contribution in [0.5, 0.6) is 0 Å². The first-order valence-electron chi connectivity index (χ1n) is 7.04. The van der Waals surface area contributed by atoms with E-state index in [1.165, 1.54) is 12.8 Å². The van der Waals surface area contributed by atoms with Crippen molar-refractivity contribution in [2.45, 2.75) is 25.7 Å². The summed E-state index contributed by atoms with van der Waals surface area (Å²) in [5.74, 6) is 0.632. The van der Waals surface area contributed by atoms with E-state index in [4.69, 9.17) is 9.47 Å². The van der Waals surface area contributed by atoms with E-state index >= 15 is 0 Å². The molecule has 0 bridgehead atoms. The van der Waals surface area contributed by atoms with Crippen molar-refractivity contribution in [3.05, 3.63) is 0 Å². The van der Waals surface area contributed by atoms with Crippen molar-refractivity contribution in [1.82, 2.24) is 4.90 Å². The molecule has 0 N–H and O–H groups in total. The monoisotopic (exact) mass is 255 g/mol. The summed E-state index contributed by atoms with van der Waals surface area (Å²) in [6, 6.07) is 0. The highest BCUT2D eigenvalue weighted by Crippen LogP contribution is 2.29. The van der Waals surface area contributed by atoms with Crippen LogP contribution in [0.2, 0.25) is 0 Å². The van der Waals surface area contributed by atoms with Gasteiger partial charge in [0.2, 0.25) is 0 Å². The van der Waals surface area contributed by atoms with E-state index < -0.39 is 0 Å². The smallest absolute Gasteiger partial charge is 0.127 e. The van der Waals surface area contributed by atoms with E-state index in [0.29, 0.717) is 5.92 Å². The molecule has 0 aromatic heterocycles. The molecular weight excluding hydrogens is 230 g/mol. The normalized spacial score (nSPS) is 28.2. The van der Waals surface area contributed by atoms with Crippen molar-refractivity contribution >= 4 is 6.29 Å². The molecule has 2 fully saturated rings. The number of hydrogen-bond acceptors (Lipinski definition) is 4. The molecule has 2 rings (SSSR count). The number of rotatable bonds is 5. The second kappa shape index (κ2) is 6.64. The van der Waals surface area contributed by atoms with Gasteiger partial charge in [-0.2, -0.15) is 0 Å². The van der Waals surface area contributed by atoms with Gasteiger partial charge in [0.05, 0.1) is 6.61 Å². The fraction of sp³-hybridized carbons (Fsp3) is 0.929. The molecule has 0 saturated carbocycles. The number of aldehydes is 1. The summed E-state index contributed by atoms with van der Waals surface area (Å²) in [4.78, 5) is 13.7. The molecule has 1 atom stereocenters. The Morgan fingerprint density at radius 2 is 2.06 bits per heavy atom. The van der Waals surface area contributed by atoms with Gasteiger partial charge in [-0.15, -0.1) is 0 Å². The fourth-order valence-electron chi connectivity index (χ4n) is 3.09. The summed E-state index contributed by atoms with van der Waals surface area (Å²) in [5.41, 5.74) is -0.178. The van der Waals surface area contributed by atoms with Crippen LogP contribution in [0.25, 0.3) is 0 Å².